The summed E-state index contributed by atoms with van der Waals surface area (Å²) in [5.74, 6) is -3.61. The molecule has 2 atom stereocenters. The lowest BCUT2D eigenvalue weighted by Crippen LogP contribution is -2.60. The number of benzene rings is 4. The summed E-state index contributed by atoms with van der Waals surface area (Å²) in [7, 11) is -8.71. The Morgan fingerprint density at radius 2 is 0.934 bits per heavy atom. The van der Waals surface area contributed by atoms with Crippen LogP contribution in [0.2, 0.25) is 4.47 Å². The van der Waals surface area contributed by atoms with Crippen molar-refractivity contribution in [3.63, 3.8) is 0 Å². The third-order valence-corrected chi connectivity index (χ3v) is 18.5. The number of carbonyl (C=O) groups excluding carboxylic acids is 2. The van der Waals surface area contributed by atoms with E-state index in [9.17, 15) is 88.7 Å². The van der Waals surface area contributed by atoms with Crippen molar-refractivity contribution >= 4 is 91.7 Å². The monoisotopic (exact) mass is 1390 g/mol. The van der Waals surface area contributed by atoms with Gasteiger partial charge >= 0.3 is 25.4 Å². The molecule has 0 aliphatic carbocycles. The van der Waals surface area contributed by atoms with E-state index in [1.54, 1.807) is 4.90 Å². The van der Waals surface area contributed by atoms with Gasteiger partial charge in [0.05, 0.1) is 22.2 Å². The van der Waals surface area contributed by atoms with Crippen LogP contribution in [0.1, 0.15) is 11.1 Å². The molecule has 0 bridgehead atoms. The van der Waals surface area contributed by atoms with Crippen LogP contribution in [0.4, 0.5) is 57.8 Å². The first-order valence-corrected chi connectivity index (χ1v) is 30.3. The molecule has 2 aliphatic rings. The fourth-order valence-corrected chi connectivity index (χ4v) is 13.5. The minimum atomic E-state index is -4.99. The molecule has 0 radical (unpaired) electrons. The van der Waals surface area contributed by atoms with Gasteiger partial charge in [0.1, 0.15) is 55.5 Å². The number of nitrogens with zero attached hydrogens (tertiary/aromatic N) is 7. The van der Waals surface area contributed by atoms with Crippen LogP contribution in [0.5, 0.6) is 23.0 Å². The van der Waals surface area contributed by atoms with Crippen molar-refractivity contribution in [3.8, 4) is 23.0 Å². The topological polar surface area (TPSA) is 302 Å². The van der Waals surface area contributed by atoms with E-state index in [2.05, 4.69) is 65.3 Å². The number of piperazine rings is 2. The maximum atomic E-state index is 13.6. The Morgan fingerprint density at radius 3 is 1.34 bits per heavy atom. The number of fused-ring (bicyclic) bond motifs is 2. The van der Waals surface area contributed by atoms with Crippen molar-refractivity contribution in [2.24, 2.45) is 0 Å². The predicted molar refractivity (Wildman–Crippen MR) is 298 cm³/mol. The van der Waals surface area contributed by atoms with E-state index in [1.165, 1.54) is 36.7 Å². The number of hydrogen-bond donors (Lipinski definition) is 5. The number of halogens is 13. The molecule has 2 saturated heterocycles. The van der Waals surface area contributed by atoms with Gasteiger partial charge in [-0.05, 0) is 83.9 Å². The Hall–Kier alpha value is -8.41. The SMILES string of the molecule is O=C(NCc1ccc(OC(F)(F)F)cc1)[C@H]1CN(c2nc3cn[nH]c(=O)c3s2)CCN1S(=O)(=O)c1ccc(OC(F)(F)F)cc1.O=C(NCc1ccc(OC(F)(F)F)cc1)[C@H]1CNCCN1S(=O)(=O)c1ccc(OC(F)(F)F)cc1.O=c1[nH]ncc2nc(Cl)sc12. The lowest BCUT2D eigenvalue weighted by molar-refractivity contribution is -0.275. The molecule has 10 rings (SSSR count). The molecule has 41 heteroatoms. The maximum absolute atomic E-state index is 13.6. The number of H-pyrrole nitrogens is 2. The number of thiazole rings is 2. The number of hydrogen-bond acceptors (Lipinski definition) is 20. The molecule has 4 aromatic heterocycles. The molecule has 6 heterocycles. The molecule has 0 unspecified atom stereocenters. The molecule has 91 heavy (non-hydrogen) atoms. The van der Waals surface area contributed by atoms with Crippen LogP contribution in [0.15, 0.2) is 129 Å². The molecule has 488 valence electrons. The van der Waals surface area contributed by atoms with Crippen LogP contribution in [0.25, 0.3) is 20.4 Å². The molecule has 2 aliphatic heterocycles. The third-order valence-electron chi connectivity index (χ3n) is 12.4. The number of nitrogens with one attached hydrogen (secondary N) is 5. The summed E-state index contributed by atoms with van der Waals surface area (Å²) in [4.78, 5) is 58.5. The normalized spacial score (nSPS) is 16.2. The standard InChI is InChI=1S/C25H20F6N6O6S2.C20H19F6N3O5S.C5H2ClN3OS/c26-24(27,28)42-15-3-1-14(2-4-15)11-32-21(38)19-13-36(23-34-18-12-33-35-22(39)20(18)44-23)9-10-37(19)45(40,41)17-7-5-16(6-8-17)43-25(29,30)31;21-19(22,23)33-14-3-1-13(2-4-14)11-28-18(30)17-12-27-9-10-29(17)35(31,32)16-7-5-15(6-8-16)34-20(24,25)26;6-5-8-2-1-7-9-4(10)3(2)11-5/h1-8,12,19H,9-11,13H2,(H,32,38)(H,35,39);1-8,17,27H,9-12H2,(H,28,30);1H,(H,9,10)/t19-;17-;/m11./s1. The van der Waals surface area contributed by atoms with Crippen molar-refractivity contribution in [1.82, 2.24) is 54.9 Å². The van der Waals surface area contributed by atoms with Gasteiger partial charge in [-0.1, -0.05) is 58.5 Å². The fourth-order valence-electron chi connectivity index (χ4n) is 8.43. The van der Waals surface area contributed by atoms with Crippen molar-refractivity contribution in [2.45, 2.75) is 60.4 Å². The third kappa shape index (κ3) is 18.8. The zero-order valence-corrected chi connectivity index (χ0v) is 49.3. The van der Waals surface area contributed by atoms with Crippen LogP contribution in [0.3, 0.4) is 0 Å². The number of carbonyl (C=O) groups is 2. The summed E-state index contributed by atoms with van der Waals surface area (Å²) >= 11 is 7.74. The van der Waals surface area contributed by atoms with Crippen LogP contribution in [-0.4, -0.2) is 144 Å². The van der Waals surface area contributed by atoms with E-state index in [0.29, 0.717) is 30.9 Å². The molecular formula is C50H41ClF12N12O12S4. The number of sulfonamides is 2. The van der Waals surface area contributed by atoms with Gasteiger partial charge in [0.15, 0.2) is 9.60 Å². The van der Waals surface area contributed by atoms with Gasteiger partial charge in [-0.2, -0.15) is 18.8 Å². The van der Waals surface area contributed by atoms with Gasteiger partial charge in [0, 0.05) is 52.4 Å². The molecule has 8 aromatic rings. The van der Waals surface area contributed by atoms with E-state index in [4.69, 9.17) is 11.6 Å². The maximum Gasteiger partial charge on any atom is 0.573 e. The summed E-state index contributed by atoms with van der Waals surface area (Å²) in [5, 5.41) is 20.2. The molecule has 24 nitrogen and oxygen atoms in total. The van der Waals surface area contributed by atoms with Gasteiger partial charge in [0.25, 0.3) is 11.1 Å². The number of aromatic amines is 2. The minimum absolute atomic E-state index is 0.0291. The van der Waals surface area contributed by atoms with E-state index in [-0.39, 0.29) is 73.0 Å². The Bertz CT molecular complexity index is 4200. The highest BCUT2D eigenvalue weighted by atomic mass is 35.5. The number of aromatic nitrogens is 6. The zero-order valence-electron chi connectivity index (χ0n) is 45.3. The summed E-state index contributed by atoms with van der Waals surface area (Å²) in [5.41, 5.74) is 0.908. The van der Waals surface area contributed by atoms with Gasteiger partial charge in [-0.25, -0.2) is 37.0 Å². The van der Waals surface area contributed by atoms with E-state index in [0.717, 1.165) is 104 Å². The number of ether oxygens (including phenoxy) is 4. The average molecular weight is 1390 g/mol. The second kappa shape index (κ2) is 28.0. The number of amides is 2. The van der Waals surface area contributed by atoms with Gasteiger partial charge in [0.2, 0.25) is 31.9 Å². The Balaban J connectivity index is 0.000000204. The van der Waals surface area contributed by atoms with E-state index >= 15 is 0 Å². The lowest BCUT2D eigenvalue weighted by Gasteiger charge is -2.39. The highest BCUT2D eigenvalue weighted by Gasteiger charge is 2.42. The summed E-state index contributed by atoms with van der Waals surface area (Å²) in [6, 6.07) is 13.9. The Labute approximate surface area is 515 Å². The molecule has 0 spiro atoms. The first kappa shape index (κ1) is 68.5. The van der Waals surface area contributed by atoms with Gasteiger partial charge in [-0.15, -0.1) is 52.7 Å². The van der Waals surface area contributed by atoms with Gasteiger partial charge < -0.3 is 39.8 Å². The quantitative estimate of drug-likeness (QED) is 0.0635. The average Bonchev–Trinajstić information content (AvgIpc) is 1.12. The largest absolute Gasteiger partial charge is 0.573 e. The van der Waals surface area contributed by atoms with Crippen molar-refractivity contribution in [3.05, 3.63) is 146 Å². The van der Waals surface area contributed by atoms with Crippen molar-refractivity contribution < 1.29 is 98.1 Å². The second-order valence-corrected chi connectivity index (χ2v) is 24.9. The molecular weight excluding hydrogens is 1350 g/mol. The van der Waals surface area contributed by atoms with Crippen LogP contribution in [-0.2, 0) is 42.7 Å². The summed E-state index contributed by atoms with van der Waals surface area (Å²) in [6.07, 6.45) is -16.9. The van der Waals surface area contributed by atoms with E-state index < -0.39 is 103 Å². The van der Waals surface area contributed by atoms with Crippen LogP contribution >= 0.6 is 34.3 Å². The minimum Gasteiger partial charge on any atom is -0.406 e. The lowest BCUT2D eigenvalue weighted by atomic mass is 10.1. The molecule has 2 amide bonds. The number of rotatable bonds is 15. The van der Waals surface area contributed by atoms with Crippen molar-refractivity contribution in [2.75, 3.05) is 44.2 Å². The number of anilines is 1. The smallest absolute Gasteiger partial charge is 0.406 e. The Kier molecular flexibility index (Phi) is 21.1. The first-order valence-electron chi connectivity index (χ1n) is 25.4. The second-order valence-electron chi connectivity index (χ2n) is 18.6. The number of alkyl halides is 12. The van der Waals surface area contributed by atoms with Crippen LogP contribution in [0, 0.1) is 0 Å². The van der Waals surface area contributed by atoms with Crippen LogP contribution < -0.4 is 50.9 Å². The molecule has 2 fully saturated rings. The van der Waals surface area contributed by atoms with E-state index in [1.807, 2.05) is 0 Å². The molecule has 5 N–H and O–H groups in total. The van der Waals surface area contributed by atoms with Gasteiger partial charge in [-0.3, -0.25) is 19.2 Å². The first-order chi connectivity index (χ1) is 42.6. The summed E-state index contributed by atoms with van der Waals surface area (Å²) in [6.45, 7) is -0.619. The Morgan fingerprint density at radius 1 is 0.549 bits per heavy atom. The molecule has 4 aromatic carbocycles. The predicted octanol–water partition coefficient (Wildman–Crippen LogP) is 7.17. The highest BCUT2D eigenvalue weighted by molar-refractivity contribution is 7.89. The zero-order chi connectivity index (χ0) is 66.3. The fraction of sp³-hybridized carbons (Fsp3) is 0.280. The summed E-state index contributed by atoms with van der Waals surface area (Å²) < 4.78 is 220. The molecule has 0 saturated carbocycles. The highest BCUT2D eigenvalue weighted by Crippen LogP contribution is 2.33. The van der Waals surface area contributed by atoms with Crippen molar-refractivity contribution in [1.29, 1.82) is 0 Å².